The first-order valence-corrected chi connectivity index (χ1v) is 7.17. The first kappa shape index (κ1) is 16.2. The number of allylic oxidation sites excluding steroid dienone is 1. The largest absolute Gasteiger partial charge is 0.432 e. The highest BCUT2D eigenvalue weighted by atomic mass is 32.1. The minimum absolute atomic E-state index is 0.186. The molecular weight excluding hydrogens is 311 g/mol. The van der Waals surface area contributed by atoms with Crippen molar-refractivity contribution >= 4 is 22.7 Å². The number of aryl methyl sites for hydroxylation is 2. The summed E-state index contributed by atoms with van der Waals surface area (Å²) in [6.07, 6.45) is -2.64. The van der Waals surface area contributed by atoms with Gasteiger partial charge in [0.1, 0.15) is 5.71 Å². The minimum atomic E-state index is -4.72. The number of aromatic nitrogens is 1. The first-order valence-electron chi connectivity index (χ1n) is 6.35. The molecule has 0 aliphatic heterocycles. The molecule has 0 radical (unpaired) electrons. The normalized spacial score (nSPS) is 12.5. The summed E-state index contributed by atoms with van der Waals surface area (Å²) in [7, 11) is 0. The van der Waals surface area contributed by atoms with Crippen LogP contribution in [0.15, 0.2) is 30.5 Å². The molecular formula is C15H14F3N3S. The Labute approximate surface area is 129 Å². The molecule has 0 saturated carbocycles. The third-order valence-electron chi connectivity index (χ3n) is 3.01. The fourth-order valence-corrected chi connectivity index (χ4v) is 2.93. The second kappa shape index (κ2) is 5.92. The van der Waals surface area contributed by atoms with Crippen molar-refractivity contribution in [2.45, 2.75) is 20.0 Å². The Bertz CT molecular complexity index is 745. The van der Waals surface area contributed by atoms with Crippen LogP contribution in [0.1, 0.15) is 15.4 Å². The maximum absolute atomic E-state index is 12.4. The van der Waals surface area contributed by atoms with E-state index in [1.807, 2.05) is 19.9 Å². The first-order chi connectivity index (χ1) is 10.2. The van der Waals surface area contributed by atoms with E-state index in [1.54, 1.807) is 23.5 Å². The second-order valence-electron chi connectivity index (χ2n) is 4.77. The number of halogens is 3. The zero-order chi connectivity index (χ0) is 16.5. The van der Waals surface area contributed by atoms with Crippen LogP contribution in [0.2, 0.25) is 0 Å². The summed E-state index contributed by atoms with van der Waals surface area (Å²) in [5.74, 6) is 0. The van der Waals surface area contributed by atoms with E-state index in [-0.39, 0.29) is 11.4 Å². The molecule has 0 aromatic carbocycles. The molecule has 22 heavy (non-hydrogen) atoms. The van der Waals surface area contributed by atoms with Crippen LogP contribution >= 0.6 is 11.3 Å². The van der Waals surface area contributed by atoms with E-state index in [1.165, 1.54) is 6.20 Å². The number of nitrogens with zero attached hydrogens (tertiary/aromatic N) is 1. The van der Waals surface area contributed by atoms with Gasteiger partial charge in [0.05, 0.1) is 11.4 Å². The SMILES string of the molecule is Cc1cc(-c2ccnc(/C(N)=C/C(=N)C(F)(F)F)c2)c(C)s1. The van der Waals surface area contributed by atoms with Gasteiger partial charge in [-0.2, -0.15) is 13.2 Å². The Hall–Kier alpha value is -2.15. The second-order valence-corrected chi connectivity index (χ2v) is 6.23. The minimum Gasteiger partial charge on any atom is -0.397 e. The van der Waals surface area contributed by atoms with Crippen LogP contribution in [0, 0.1) is 19.3 Å². The number of nitrogens with two attached hydrogens (primary N) is 1. The van der Waals surface area contributed by atoms with E-state index in [9.17, 15) is 13.2 Å². The van der Waals surface area contributed by atoms with Crippen LogP contribution in [0.25, 0.3) is 16.8 Å². The Morgan fingerprint density at radius 3 is 2.55 bits per heavy atom. The maximum Gasteiger partial charge on any atom is 0.432 e. The van der Waals surface area contributed by atoms with Crippen LogP contribution in [0.4, 0.5) is 13.2 Å². The number of alkyl halides is 3. The Kier molecular flexibility index (Phi) is 4.37. The zero-order valence-electron chi connectivity index (χ0n) is 12.0. The van der Waals surface area contributed by atoms with Gasteiger partial charge in [-0.05, 0) is 49.2 Å². The zero-order valence-corrected chi connectivity index (χ0v) is 12.8. The lowest BCUT2D eigenvalue weighted by Crippen LogP contribution is -2.20. The van der Waals surface area contributed by atoms with Crippen molar-refractivity contribution < 1.29 is 13.2 Å². The van der Waals surface area contributed by atoms with E-state index in [0.717, 1.165) is 20.9 Å². The monoisotopic (exact) mass is 325 g/mol. The number of hydrogen-bond donors (Lipinski definition) is 2. The molecule has 0 aliphatic carbocycles. The number of nitrogens with one attached hydrogen (secondary N) is 1. The molecule has 2 aromatic heterocycles. The van der Waals surface area contributed by atoms with Gasteiger partial charge in [0.2, 0.25) is 0 Å². The highest BCUT2D eigenvalue weighted by molar-refractivity contribution is 7.12. The van der Waals surface area contributed by atoms with Crippen molar-refractivity contribution in [3.05, 3.63) is 45.9 Å². The fourth-order valence-electron chi connectivity index (χ4n) is 1.98. The quantitative estimate of drug-likeness (QED) is 0.826. The van der Waals surface area contributed by atoms with Gasteiger partial charge in [0.25, 0.3) is 0 Å². The fraction of sp³-hybridized carbons (Fsp3) is 0.200. The highest BCUT2D eigenvalue weighted by Gasteiger charge is 2.32. The van der Waals surface area contributed by atoms with E-state index in [0.29, 0.717) is 6.08 Å². The van der Waals surface area contributed by atoms with Gasteiger partial charge in [-0.1, -0.05) is 0 Å². The molecule has 0 bridgehead atoms. The number of hydrogen-bond acceptors (Lipinski definition) is 4. The van der Waals surface area contributed by atoms with Crippen LogP contribution in [-0.4, -0.2) is 16.9 Å². The molecule has 0 atom stereocenters. The van der Waals surface area contributed by atoms with Gasteiger partial charge in [-0.25, -0.2) is 0 Å². The molecule has 2 rings (SSSR count). The van der Waals surface area contributed by atoms with Crippen molar-refractivity contribution in [1.82, 2.24) is 4.98 Å². The van der Waals surface area contributed by atoms with Gasteiger partial charge in [0.15, 0.2) is 0 Å². The van der Waals surface area contributed by atoms with Crippen molar-refractivity contribution in [3.8, 4) is 11.1 Å². The van der Waals surface area contributed by atoms with Crippen molar-refractivity contribution in [2.75, 3.05) is 0 Å². The molecule has 0 amide bonds. The molecule has 0 aliphatic rings. The summed E-state index contributed by atoms with van der Waals surface area (Å²) >= 11 is 1.64. The Morgan fingerprint density at radius 2 is 2.00 bits per heavy atom. The van der Waals surface area contributed by atoms with Gasteiger partial charge in [0, 0.05) is 16.0 Å². The van der Waals surface area contributed by atoms with E-state index in [4.69, 9.17) is 11.1 Å². The summed E-state index contributed by atoms with van der Waals surface area (Å²) in [6, 6.07) is 5.42. The molecule has 3 nitrogen and oxygen atoms in total. The van der Waals surface area contributed by atoms with Crippen molar-refractivity contribution in [2.24, 2.45) is 5.73 Å². The molecule has 0 fully saturated rings. The molecule has 3 N–H and O–H groups in total. The number of pyridine rings is 1. The van der Waals surface area contributed by atoms with Gasteiger partial charge in [-0.3, -0.25) is 10.4 Å². The Morgan fingerprint density at radius 1 is 1.32 bits per heavy atom. The average molecular weight is 325 g/mol. The van der Waals surface area contributed by atoms with E-state index >= 15 is 0 Å². The predicted octanol–water partition coefficient (Wildman–Crippen LogP) is 4.31. The predicted molar refractivity (Wildman–Crippen MR) is 83.0 cm³/mol. The number of rotatable bonds is 3. The maximum atomic E-state index is 12.4. The summed E-state index contributed by atoms with van der Waals surface area (Å²) in [5.41, 5.74) is 6.01. The molecule has 2 aromatic rings. The summed E-state index contributed by atoms with van der Waals surface area (Å²) in [4.78, 5) is 6.24. The smallest absolute Gasteiger partial charge is 0.397 e. The molecule has 0 spiro atoms. The van der Waals surface area contributed by atoms with Crippen molar-refractivity contribution in [3.63, 3.8) is 0 Å². The Balaban J connectivity index is 2.39. The van der Waals surface area contributed by atoms with Crippen molar-refractivity contribution in [1.29, 1.82) is 5.41 Å². The average Bonchev–Trinajstić information content (AvgIpc) is 2.76. The number of thiophene rings is 1. The lowest BCUT2D eigenvalue weighted by molar-refractivity contribution is -0.0583. The summed E-state index contributed by atoms with van der Waals surface area (Å²) < 4.78 is 37.1. The van der Waals surface area contributed by atoms with E-state index < -0.39 is 11.9 Å². The highest BCUT2D eigenvalue weighted by Crippen LogP contribution is 2.31. The lowest BCUT2D eigenvalue weighted by Gasteiger charge is -2.07. The summed E-state index contributed by atoms with van der Waals surface area (Å²) in [5, 5.41) is 6.97. The third-order valence-corrected chi connectivity index (χ3v) is 3.98. The molecule has 116 valence electrons. The molecule has 0 unspecified atom stereocenters. The van der Waals surface area contributed by atoms with E-state index in [2.05, 4.69) is 4.98 Å². The van der Waals surface area contributed by atoms with Crippen LogP contribution in [0.3, 0.4) is 0 Å². The third kappa shape index (κ3) is 3.54. The topological polar surface area (TPSA) is 62.8 Å². The van der Waals surface area contributed by atoms with Gasteiger partial charge >= 0.3 is 6.18 Å². The van der Waals surface area contributed by atoms with Crippen LogP contribution < -0.4 is 5.73 Å². The van der Waals surface area contributed by atoms with Gasteiger partial charge < -0.3 is 5.73 Å². The van der Waals surface area contributed by atoms with Crippen LogP contribution in [0.5, 0.6) is 0 Å². The van der Waals surface area contributed by atoms with Crippen LogP contribution in [-0.2, 0) is 0 Å². The molecule has 2 heterocycles. The lowest BCUT2D eigenvalue weighted by atomic mass is 10.1. The molecule has 7 heteroatoms. The molecule has 0 saturated heterocycles. The van der Waals surface area contributed by atoms with Gasteiger partial charge in [-0.15, -0.1) is 11.3 Å². The standard InChI is InChI=1S/C15H14F3N3S/c1-8-5-11(9(2)22-8)10-3-4-21-13(6-10)12(19)7-14(20)15(16,17)18/h3-7,20H,19H2,1-2H3/b12-7-,20-14?. The summed E-state index contributed by atoms with van der Waals surface area (Å²) in [6.45, 7) is 3.97.